The average Bonchev–Trinajstić information content (AvgIpc) is 1.84. The molecule has 0 amide bonds. The lowest BCUT2D eigenvalue weighted by Crippen LogP contribution is -2.13. The highest BCUT2D eigenvalue weighted by molar-refractivity contribution is 5.78. The van der Waals surface area contributed by atoms with Gasteiger partial charge in [0.15, 0.2) is 0 Å². The molecule has 0 radical (unpaired) electrons. The molecule has 0 spiro atoms. The van der Waals surface area contributed by atoms with Crippen LogP contribution in [0, 0.1) is 11.8 Å². The molecule has 0 N–H and O–H groups in total. The number of hydrogen-bond acceptors (Lipinski definition) is 1. The Hall–Kier alpha value is -0.590. The number of carbonyl (C=O) groups is 1. The van der Waals surface area contributed by atoms with Gasteiger partial charge in [-0.25, -0.2) is 0 Å². The lowest BCUT2D eigenvalue weighted by molar-refractivity contribution is -0.121. The summed E-state index contributed by atoms with van der Waals surface area (Å²) in [4.78, 5) is 10.7. The van der Waals surface area contributed by atoms with E-state index >= 15 is 0 Å². The molecule has 0 saturated heterocycles. The Kier molecular flexibility index (Phi) is 3.21. The van der Waals surface area contributed by atoms with Gasteiger partial charge in [0.25, 0.3) is 0 Å². The van der Waals surface area contributed by atoms with Crippen LogP contribution in [0.15, 0.2) is 12.7 Å². The van der Waals surface area contributed by atoms with Crippen molar-refractivity contribution in [1.82, 2.24) is 0 Å². The first-order valence-corrected chi connectivity index (χ1v) is 3.22. The molecule has 0 aromatic rings. The van der Waals surface area contributed by atoms with E-state index in [4.69, 9.17) is 0 Å². The van der Waals surface area contributed by atoms with E-state index in [0.29, 0.717) is 5.92 Å². The van der Waals surface area contributed by atoms with E-state index < -0.39 is 0 Å². The van der Waals surface area contributed by atoms with E-state index in [1.165, 1.54) is 0 Å². The quantitative estimate of drug-likeness (QED) is 0.529. The second-order valence-electron chi connectivity index (χ2n) is 2.49. The summed E-state index contributed by atoms with van der Waals surface area (Å²) >= 11 is 0. The highest BCUT2D eigenvalue weighted by Crippen LogP contribution is 2.11. The van der Waals surface area contributed by atoms with Crippen LogP contribution in [0.5, 0.6) is 0 Å². The lowest BCUT2D eigenvalue weighted by Gasteiger charge is -2.10. The van der Waals surface area contributed by atoms with Crippen molar-refractivity contribution in [3.05, 3.63) is 12.7 Å². The van der Waals surface area contributed by atoms with Gasteiger partial charge in [-0.2, -0.15) is 0 Å². The summed E-state index contributed by atoms with van der Waals surface area (Å²) < 4.78 is 0. The fourth-order valence-electron chi connectivity index (χ4n) is 0.574. The van der Waals surface area contributed by atoms with Gasteiger partial charge in [0, 0.05) is 5.92 Å². The maximum Gasteiger partial charge on any atom is 0.133 e. The van der Waals surface area contributed by atoms with Gasteiger partial charge in [-0.1, -0.05) is 19.9 Å². The maximum atomic E-state index is 10.7. The standard InChI is InChI=1S/C8H14O/c1-5-6(2)7(3)8(4)9/h5-7H,1H2,2-4H3/t6-,7+/m1/s1. The zero-order chi connectivity index (χ0) is 7.44. The number of Topliss-reactive ketones (excluding diaryl/α,β-unsaturated/α-hetero) is 1. The largest absolute Gasteiger partial charge is 0.300 e. The molecule has 2 atom stereocenters. The van der Waals surface area contributed by atoms with E-state index in [-0.39, 0.29) is 11.7 Å². The summed E-state index contributed by atoms with van der Waals surface area (Å²) in [6.45, 7) is 9.15. The third-order valence-electron chi connectivity index (χ3n) is 1.80. The molecule has 52 valence electrons. The first-order chi connectivity index (χ1) is 4.09. The van der Waals surface area contributed by atoms with Crippen molar-refractivity contribution in [3.8, 4) is 0 Å². The normalized spacial score (nSPS) is 16.3. The summed E-state index contributed by atoms with van der Waals surface area (Å²) in [5.41, 5.74) is 0. The van der Waals surface area contributed by atoms with Crippen LogP contribution in [0.4, 0.5) is 0 Å². The Labute approximate surface area is 56.8 Å². The maximum absolute atomic E-state index is 10.7. The first-order valence-electron chi connectivity index (χ1n) is 3.22. The molecule has 1 heteroatoms. The number of rotatable bonds is 3. The van der Waals surface area contributed by atoms with E-state index in [1.807, 2.05) is 19.9 Å². The zero-order valence-corrected chi connectivity index (χ0v) is 6.35. The lowest BCUT2D eigenvalue weighted by atomic mass is 9.93. The Balaban J connectivity index is 3.86. The first kappa shape index (κ1) is 8.41. The Morgan fingerprint density at radius 2 is 2.00 bits per heavy atom. The van der Waals surface area contributed by atoms with Gasteiger partial charge < -0.3 is 0 Å². The van der Waals surface area contributed by atoms with E-state index in [9.17, 15) is 4.79 Å². The Bertz CT molecular complexity index is 116. The van der Waals surface area contributed by atoms with Crippen LogP contribution in [0.2, 0.25) is 0 Å². The predicted octanol–water partition coefficient (Wildman–Crippen LogP) is 2.03. The summed E-state index contributed by atoms with van der Waals surface area (Å²) in [6.07, 6.45) is 1.81. The minimum atomic E-state index is 0.127. The van der Waals surface area contributed by atoms with Gasteiger partial charge in [-0.3, -0.25) is 4.79 Å². The van der Waals surface area contributed by atoms with Gasteiger partial charge in [0.05, 0.1) is 0 Å². The smallest absolute Gasteiger partial charge is 0.133 e. The number of carbonyl (C=O) groups excluding carboxylic acids is 1. The minimum Gasteiger partial charge on any atom is -0.300 e. The predicted molar refractivity (Wildman–Crippen MR) is 39.2 cm³/mol. The van der Waals surface area contributed by atoms with Crippen LogP contribution < -0.4 is 0 Å². The molecule has 0 aliphatic heterocycles. The second kappa shape index (κ2) is 3.44. The summed E-state index contributed by atoms with van der Waals surface area (Å²) in [5, 5.41) is 0. The van der Waals surface area contributed by atoms with Gasteiger partial charge >= 0.3 is 0 Å². The van der Waals surface area contributed by atoms with Gasteiger partial charge in [-0.05, 0) is 12.8 Å². The number of ketones is 1. The molecular formula is C8H14O. The van der Waals surface area contributed by atoms with Crippen LogP contribution in [-0.2, 0) is 4.79 Å². The topological polar surface area (TPSA) is 17.1 Å². The monoisotopic (exact) mass is 126 g/mol. The molecule has 0 bridgehead atoms. The van der Waals surface area contributed by atoms with E-state index in [1.54, 1.807) is 6.92 Å². The average molecular weight is 126 g/mol. The minimum absolute atomic E-state index is 0.127. The van der Waals surface area contributed by atoms with Crippen LogP contribution >= 0.6 is 0 Å². The van der Waals surface area contributed by atoms with E-state index in [2.05, 4.69) is 6.58 Å². The fourth-order valence-corrected chi connectivity index (χ4v) is 0.574. The van der Waals surface area contributed by atoms with Gasteiger partial charge in [-0.15, -0.1) is 6.58 Å². The van der Waals surface area contributed by atoms with Gasteiger partial charge in [0.2, 0.25) is 0 Å². The van der Waals surface area contributed by atoms with Crippen molar-refractivity contribution >= 4 is 5.78 Å². The molecule has 0 aliphatic carbocycles. The van der Waals surface area contributed by atoms with Crippen molar-refractivity contribution in [2.24, 2.45) is 11.8 Å². The molecule has 0 aromatic heterocycles. The molecule has 9 heavy (non-hydrogen) atoms. The van der Waals surface area contributed by atoms with Crippen molar-refractivity contribution in [3.63, 3.8) is 0 Å². The van der Waals surface area contributed by atoms with Crippen LogP contribution in [-0.4, -0.2) is 5.78 Å². The molecular weight excluding hydrogens is 112 g/mol. The van der Waals surface area contributed by atoms with Crippen molar-refractivity contribution in [2.45, 2.75) is 20.8 Å². The van der Waals surface area contributed by atoms with Crippen LogP contribution in [0.3, 0.4) is 0 Å². The van der Waals surface area contributed by atoms with Crippen molar-refractivity contribution < 1.29 is 4.79 Å². The molecule has 0 aromatic carbocycles. The highest BCUT2D eigenvalue weighted by Gasteiger charge is 2.12. The SMILES string of the molecule is C=C[C@@H](C)[C@H](C)C(C)=O. The number of allylic oxidation sites excluding steroid dienone is 1. The molecule has 0 saturated carbocycles. The molecule has 0 unspecified atom stereocenters. The third kappa shape index (κ3) is 2.45. The Morgan fingerprint density at radius 1 is 1.56 bits per heavy atom. The van der Waals surface area contributed by atoms with Crippen LogP contribution in [0.25, 0.3) is 0 Å². The summed E-state index contributed by atoms with van der Waals surface area (Å²) in [6, 6.07) is 0. The highest BCUT2D eigenvalue weighted by atomic mass is 16.1. The third-order valence-corrected chi connectivity index (χ3v) is 1.80. The molecule has 1 nitrogen and oxygen atoms in total. The van der Waals surface area contributed by atoms with E-state index in [0.717, 1.165) is 0 Å². The van der Waals surface area contributed by atoms with Crippen LogP contribution in [0.1, 0.15) is 20.8 Å². The van der Waals surface area contributed by atoms with Crippen molar-refractivity contribution in [2.75, 3.05) is 0 Å². The fraction of sp³-hybridized carbons (Fsp3) is 0.625. The van der Waals surface area contributed by atoms with Gasteiger partial charge in [0.1, 0.15) is 5.78 Å². The molecule has 0 heterocycles. The molecule has 0 fully saturated rings. The number of hydrogen-bond donors (Lipinski definition) is 0. The van der Waals surface area contributed by atoms with Crippen molar-refractivity contribution in [1.29, 1.82) is 0 Å². The second-order valence-corrected chi connectivity index (χ2v) is 2.49. The summed E-state index contributed by atoms with van der Waals surface area (Å²) in [7, 11) is 0. The Morgan fingerprint density at radius 3 is 2.11 bits per heavy atom. The zero-order valence-electron chi connectivity index (χ0n) is 6.35. The molecule has 0 rings (SSSR count). The molecule has 0 aliphatic rings. The summed E-state index contributed by atoms with van der Waals surface area (Å²) in [5.74, 6) is 0.674.